The number of nitrogens with one attached hydrogen (secondary N) is 1. The predicted molar refractivity (Wildman–Crippen MR) is 127 cm³/mol. The van der Waals surface area contributed by atoms with E-state index in [1.54, 1.807) is 27.9 Å². The standard InChI is InChI=1S/C25H35FN4O4/c1-5-33-15-7-12-27-23(31)21-17-28-30(20-9-6-8-19(26)16-20)22(21)18-10-13-29(14-11-18)24(32)34-25(2,3)4/h6,8-9,16-18H,5,7,10-15H2,1-4H3,(H,27,31). The van der Waals surface area contributed by atoms with Crippen molar-refractivity contribution in [3.63, 3.8) is 0 Å². The molecule has 1 saturated heterocycles. The highest BCUT2D eigenvalue weighted by atomic mass is 19.1. The minimum absolute atomic E-state index is 0.0198. The first-order valence-electron chi connectivity index (χ1n) is 11.9. The van der Waals surface area contributed by atoms with Gasteiger partial charge < -0.3 is 19.7 Å². The number of carbonyl (C=O) groups is 2. The number of amides is 2. The average molecular weight is 475 g/mol. The van der Waals surface area contributed by atoms with E-state index in [0.717, 1.165) is 5.69 Å². The summed E-state index contributed by atoms with van der Waals surface area (Å²) >= 11 is 0. The highest BCUT2D eigenvalue weighted by Crippen LogP contribution is 2.33. The van der Waals surface area contributed by atoms with Crippen molar-refractivity contribution in [2.45, 2.75) is 58.5 Å². The topological polar surface area (TPSA) is 85.7 Å². The molecule has 0 radical (unpaired) electrons. The summed E-state index contributed by atoms with van der Waals surface area (Å²) < 4.78 is 26.4. The third-order valence-electron chi connectivity index (χ3n) is 5.59. The van der Waals surface area contributed by atoms with Crippen molar-refractivity contribution in [3.8, 4) is 5.69 Å². The lowest BCUT2D eigenvalue weighted by Gasteiger charge is -2.34. The van der Waals surface area contributed by atoms with E-state index in [1.165, 1.54) is 12.1 Å². The van der Waals surface area contributed by atoms with Crippen LogP contribution in [0, 0.1) is 5.82 Å². The Kier molecular flexibility index (Phi) is 8.66. The summed E-state index contributed by atoms with van der Waals surface area (Å²) in [5.74, 6) is -0.613. The molecule has 9 heteroatoms. The van der Waals surface area contributed by atoms with Crippen molar-refractivity contribution in [2.75, 3.05) is 32.8 Å². The van der Waals surface area contributed by atoms with E-state index in [9.17, 15) is 14.0 Å². The van der Waals surface area contributed by atoms with Gasteiger partial charge in [0.15, 0.2) is 0 Å². The van der Waals surface area contributed by atoms with Crippen LogP contribution in [0.1, 0.15) is 68.9 Å². The highest BCUT2D eigenvalue weighted by Gasteiger charge is 2.32. The number of benzene rings is 1. The van der Waals surface area contributed by atoms with Gasteiger partial charge in [-0.3, -0.25) is 4.79 Å². The Labute approximate surface area is 200 Å². The maximum atomic E-state index is 13.9. The predicted octanol–water partition coefficient (Wildman–Crippen LogP) is 4.28. The third-order valence-corrected chi connectivity index (χ3v) is 5.59. The Balaban J connectivity index is 1.79. The molecule has 1 fully saturated rings. The van der Waals surface area contributed by atoms with Gasteiger partial charge in [0.2, 0.25) is 0 Å². The van der Waals surface area contributed by atoms with Crippen LogP contribution in [0.15, 0.2) is 30.5 Å². The van der Waals surface area contributed by atoms with Gasteiger partial charge in [0, 0.05) is 38.8 Å². The molecule has 2 heterocycles. The zero-order chi connectivity index (χ0) is 24.7. The van der Waals surface area contributed by atoms with Crippen LogP contribution >= 0.6 is 0 Å². The van der Waals surface area contributed by atoms with E-state index in [2.05, 4.69) is 10.4 Å². The Morgan fingerprint density at radius 2 is 1.97 bits per heavy atom. The van der Waals surface area contributed by atoms with Crippen molar-refractivity contribution < 1.29 is 23.5 Å². The van der Waals surface area contributed by atoms with Gasteiger partial charge in [0.05, 0.1) is 23.1 Å². The molecular weight excluding hydrogens is 439 g/mol. The van der Waals surface area contributed by atoms with Crippen LogP contribution in [-0.2, 0) is 9.47 Å². The lowest BCUT2D eigenvalue weighted by atomic mass is 9.91. The molecule has 8 nitrogen and oxygen atoms in total. The fraction of sp³-hybridized carbons (Fsp3) is 0.560. The Bertz CT molecular complexity index is 978. The molecule has 0 aliphatic carbocycles. The fourth-order valence-electron chi connectivity index (χ4n) is 4.02. The number of nitrogens with zero attached hydrogens (tertiary/aromatic N) is 3. The van der Waals surface area contributed by atoms with Crippen LogP contribution in [0.5, 0.6) is 0 Å². The summed E-state index contributed by atoms with van der Waals surface area (Å²) in [6.07, 6.45) is 3.20. The quantitative estimate of drug-likeness (QED) is 0.577. The number of carbonyl (C=O) groups excluding carboxylic acids is 2. The maximum Gasteiger partial charge on any atom is 0.410 e. The van der Waals surface area contributed by atoms with E-state index in [0.29, 0.717) is 63.4 Å². The van der Waals surface area contributed by atoms with E-state index >= 15 is 0 Å². The number of ether oxygens (including phenoxy) is 2. The van der Waals surface area contributed by atoms with Crippen LogP contribution in [0.25, 0.3) is 5.69 Å². The SMILES string of the molecule is CCOCCCNC(=O)c1cnn(-c2cccc(F)c2)c1C1CCN(C(=O)OC(C)(C)C)CC1. The van der Waals surface area contributed by atoms with Crippen LogP contribution in [0.3, 0.4) is 0 Å². The van der Waals surface area contributed by atoms with Crippen LogP contribution in [-0.4, -0.2) is 65.1 Å². The Hall–Kier alpha value is -2.94. The molecule has 1 aromatic carbocycles. The van der Waals surface area contributed by atoms with E-state index < -0.39 is 5.60 Å². The molecule has 1 aliphatic rings. The number of aromatic nitrogens is 2. The third kappa shape index (κ3) is 6.79. The summed E-state index contributed by atoms with van der Waals surface area (Å²) in [5, 5.41) is 7.38. The monoisotopic (exact) mass is 474 g/mol. The molecule has 186 valence electrons. The number of rotatable bonds is 8. The summed E-state index contributed by atoms with van der Waals surface area (Å²) in [4.78, 5) is 27.2. The van der Waals surface area contributed by atoms with Gasteiger partial charge in [-0.25, -0.2) is 13.9 Å². The first kappa shape index (κ1) is 25.7. The van der Waals surface area contributed by atoms with Gasteiger partial charge in [0.25, 0.3) is 5.91 Å². The maximum absolute atomic E-state index is 13.9. The summed E-state index contributed by atoms with van der Waals surface area (Å²) in [6.45, 7) is 10.2. The van der Waals surface area contributed by atoms with Crippen molar-refractivity contribution >= 4 is 12.0 Å². The first-order chi connectivity index (χ1) is 16.2. The zero-order valence-corrected chi connectivity index (χ0v) is 20.5. The molecule has 1 N–H and O–H groups in total. The number of piperidine rings is 1. The minimum Gasteiger partial charge on any atom is -0.444 e. The van der Waals surface area contributed by atoms with Crippen LogP contribution < -0.4 is 5.32 Å². The van der Waals surface area contributed by atoms with Crippen molar-refractivity contribution in [1.82, 2.24) is 20.0 Å². The molecule has 0 bridgehead atoms. The Morgan fingerprint density at radius 1 is 1.24 bits per heavy atom. The zero-order valence-electron chi connectivity index (χ0n) is 20.5. The van der Waals surface area contributed by atoms with Gasteiger partial charge in [-0.2, -0.15) is 5.10 Å². The lowest BCUT2D eigenvalue weighted by molar-refractivity contribution is 0.0203. The highest BCUT2D eigenvalue weighted by molar-refractivity contribution is 5.95. The number of halogens is 1. The average Bonchev–Trinajstić information content (AvgIpc) is 3.23. The van der Waals surface area contributed by atoms with Gasteiger partial charge in [-0.1, -0.05) is 6.07 Å². The fourth-order valence-corrected chi connectivity index (χ4v) is 4.02. The minimum atomic E-state index is -0.558. The second-order valence-electron chi connectivity index (χ2n) is 9.38. The molecule has 2 aromatic rings. The van der Waals surface area contributed by atoms with E-state index in [4.69, 9.17) is 9.47 Å². The molecule has 0 unspecified atom stereocenters. The van der Waals surface area contributed by atoms with Gasteiger partial charge in [0.1, 0.15) is 11.4 Å². The van der Waals surface area contributed by atoms with Crippen molar-refractivity contribution in [2.24, 2.45) is 0 Å². The molecule has 0 spiro atoms. The van der Waals surface area contributed by atoms with Crippen molar-refractivity contribution in [3.05, 3.63) is 47.5 Å². The number of likely N-dealkylation sites (tertiary alicyclic amines) is 1. The Morgan fingerprint density at radius 3 is 2.62 bits per heavy atom. The van der Waals surface area contributed by atoms with Gasteiger partial charge >= 0.3 is 6.09 Å². The van der Waals surface area contributed by atoms with Crippen molar-refractivity contribution in [1.29, 1.82) is 0 Å². The van der Waals surface area contributed by atoms with E-state index in [1.807, 2.05) is 27.7 Å². The molecule has 1 aliphatic heterocycles. The number of hydrogen-bond acceptors (Lipinski definition) is 5. The summed E-state index contributed by atoms with van der Waals surface area (Å²) in [5.41, 5.74) is 1.20. The number of hydrogen-bond donors (Lipinski definition) is 1. The second-order valence-corrected chi connectivity index (χ2v) is 9.38. The molecular formula is C25H35FN4O4. The summed E-state index contributed by atoms with van der Waals surface area (Å²) in [7, 11) is 0. The first-order valence-corrected chi connectivity index (χ1v) is 11.9. The molecule has 0 saturated carbocycles. The van der Waals surface area contributed by atoms with Crippen LogP contribution in [0.4, 0.5) is 9.18 Å². The molecule has 1 aromatic heterocycles. The molecule has 0 atom stereocenters. The van der Waals surface area contributed by atoms with Gasteiger partial charge in [-0.15, -0.1) is 0 Å². The largest absolute Gasteiger partial charge is 0.444 e. The van der Waals surface area contributed by atoms with Crippen LogP contribution in [0.2, 0.25) is 0 Å². The molecule has 3 rings (SSSR count). The second kappa shape index (κ2) is 11.5. The van der Waals surface area contributed by atoms with E-state index in [-0.39, 0.29) is 23.7 Å². The smallest absolute Gasteiger partial charge is 0.410 e. The van der Waals surface area contributed by atoms with Gasteiger partial charge in [-0.05, 0) is 65.2 Å². The molecule has 2 amide bonds. The summed E-state index contributed by atoms with van der Waals surface area (Å²) in [6, 6.07) is 6.15. The molecule has 34 heavy (non-hydrogen) atoms. The lowest BCUT2D eigenvalue weighted by Crippen LogP contribution is -2.41. The normalized spacial score (nSPS) is 14.8.